The van der Waals surface area contributed by atoms with E-state index in [1.54, 1.807) is 12.1 Å². The number of benzene rings is 1. The van der Waals surface area contributed by atoms with Gasteiger partial charge in [-0.2, -0.15) is 0 Å². The molecule has 0 unspecified atom stereocenters. The highest BCUT2D eigenvalue weighted by atomic mass is 16.2. The van der Waals surface area contributed by atoms with Gasteiger partial charge in [0.05, 0.1) is 0 Å². The summed E-state index contributed by atoms with van der Waals surface area (Å²) in [5.41, 5.74) is 2.57. The normalized spacial score (nSPS) is 9.90. The highest BCUT2D eigenvalue weighted by molar-refractivity contribution is 6.43. The van der Waals surface area contributed by atoms with E-state index in [4.69, 9.17) is 0 Å². The van der Waals surface area contributed by atoms with E-state index < -0.39 is 11.8 Å². The Hall–Kier alpha value is -2.76. The van der Waals surface area contributed by atoms with Crippen molar-refractivity contribution in [2.45, 2.75) is 13.8 Å². The van der Waals surface area contributed by atoms with Gasteiger partial charge in [-0.1, -0.05) is 12.1 Å². The second kappa shape index (κ2) is 5.92. The molecule has 1 aromatic carbocycles. The first-order chi connectivity index (χ1) is 9.58. The molecule has 20 heavy (non-hydrogen) atoms. The fourth-order valence-electron chi connectivity index (χ4n) is 1.59. The zero-order chi connectivity index (χ0) is 14.5. The van der Waals surface area contributed by atoms with E-state index in [1.165, 1.54) is 12.4 Å². The summed E-state index contributed by atoms with van der Waals surface area (Å²) in [6.07, 6.45) is 2.95. The van der Waals surface area contributed by atoms with Gasteiger partial charge in [0.2, 0.25) is 5.95 Å². The molecule has 2 amide bonds. The van der Waals surface area contributed by atoms with Crippen LogP contribution in [0.2, 0.25) is 0 Å². The largest absolute Gasteiger partial charge is 0.318 e. The molecule has 6 heteroatoms. The van der Waals surface area contributed by atoms with Gasteiger partial charge < -0.3 is 5.32 Å². The average Bonchev–Trinajstić information content (AvgIpc) is 2.45. The fourth-order valence-corrected chi connectivity index (χ4v) is 1.59. The molecule has 1 aromatic heterocycles. The van der Waals surface area contributed by atoms with E-state index in [0.29, 0.717) is 5.69 Å². The number of amides is 2. The van der Waals surface area contributed by atoms with Crippen LogP contribution in [0.4, 0.5) is 11.6 Å². The number of anilines is 2. The average molecular weight is 270 g/mol. The van der Waals surface area contributed by atoms with Gasteiger partial charge in [-0.05, 0) is 37.1 Å². The maximum Gasteiger partial charge on any atom is 0.316 e. The highest BCUT2D eigenvalue weighted by Gasteiger charge is 2.16. The van der Waals surface area contributed by atoms with Gasteiger partial charge in [0, 0.05) is 18.1 Å². The van der Waals surface area contributed by atoms with Crippen LogP contribution in [0.3, 0.4) is 0 Å². The van der Waals surface area contributed by atoms with Gasteiger partial charge in [-0.15, -0.1) is 0 Å². The number of nitrogens with one attached hydrogen (secondary N) is 2. The van der Waals surface area contributed by atoms with Crippen molar-refractivity contribution in [3.8, 4) is 0 Å². The van der Waals surface area contributed by atoms with E-state index in [9.17, 15) is 9.59 Å². The zero-order valence-corrected chi connectivity index (χ0v) is 11.2. The third-order valence-corrected chi connectivity index (χ3v) is 2.85. The monoisotopic (exact) mass is 270 g/mol. The lowest BCUT2D eigenvalue weighted by Crippen LogP contribution is -2.30. The molecule has 2 aromatic rings. The lowest BCUT2D eigenvalue weighted by molar-refractivity contribution is -0.133. The Labute approximate surface area is 116 Å². The second-order valence-corrected chi connectivity index (χ2v) is 4.23. The maximum absolute atomic E-state index is 11.8. The van der Waals surface area contributed by atoms with E-state index in [-0.39, 0.29) is 5.95 Å². The molecule has 0 aliphatic carbocycles. The number of aryl methyl sites for hydroxylation is 1. The van der Waals surface area contributed by atoms with Crippen molar-refractivity contribution in [3.63, 3.8) is 0 Å². The van der Waals surface area contributed by atoms with Crippen LogP contribution in [0, 0.1) is 13.8 Å². The SMILES string of the molecule is Cc1cccc(NC(=O)C(=O)Nc2ncccn2)c1C. The number of carbonyl (C=O) groups excluding carboxylic acids is 2. The topological polar surface area (TPSA) is 84.0 Å². The van der Waals surface area contributed by atoms with E-state index in [0.717, 1.165) is 11.1 Å². The smallest absolute Gasteiger partial charge is 0.316 e. The van der Waals surface area contributed by atoms with Crippen LogP contribution < -0.4 is 10.6 Å². The van der Waals surface area contributed by atoms with Crippen molar-refractivity contribution < 1.29 is 9.59 Å². The molecule has 6 nitrogen and oxygen atoms in total. The first-order valence-electron chi connectivity index (χ1n) is 6.03. The molecule has 2 rings (SSSR count). The first kappa shape index (κ1) is 13.7. The summed E-state index contributed by atoms with van der Waals surface area (Å²) in [7, 11) is 0. The summed E-state index contributed by atoms with van der Waals surface area (Å²) in [6.45, 7) is 3.81. The Morgan fingerprint density at radius 1 is 0.950 bits per heavy atom. The summed E-state index contributed by atoms with van der Waals surface area (Å²) in [5.74, 6) is -1.48. The van der Waals surface area contributed by atoms with Crippen molar-refractivity contribution >= 4 is 23.5 Å². The molecule has 0 aliphatic heterocycles. The van der Waals surface area contributed by atoms with Crippen LogP contribution in [-0.4, -0.2) is 21.8 Å². The number of rotatable bonds is 2. The number of hydrogen-bond donors (Lipinski definition) is 2. The molecule has 0 fully saturated rings. The molecule has 0 saturated heterocycles. The predicted octanol–water partition coefficient (Wildman–Crippen LogP) is 1.67. The molecule has 2 N–H and O–H groups in total. The summed E-state index contributed by atoms with van der Waals surface area (Å²) >= 11 is 0. The zero-order valence-electron chi connectivity index (χ0n) is 11.2. The molecule has 0 atom stereocenters. The lowest BCUT2D eigenvalue weighted by Gasteiger charge is -2.09. The Morgan fingerprint density at radius 3 is 2.30 bits per heavy atom. The van der Waals surface area contributed by atoms with Crippen molar-refractivity contribution in [2.24, 2.45) is 0 Å². The Bertz CT molecular complexity index is 641. The summed E-state index contributed by atoms with van der Waals surface area (Å²) < 4.78 is 0. The molecule has 0 spiro atoms. The van der Waals surface area contributed by atoms with E-state index in [2.05, 4.69) is 20.6 Å². The van der Waals surface area contributed by atoms with Crippen molar-refractivity contribution in [1.82, 2.24) is 9.97 Å². The minimum absolute atomic E-state index is 0.0913. The third kappa shape index (κ3) is 3.17. The molecule has 0 radical (unpaired) electrons. The van der Waals surface area contributed by atoms with Gasteiger partial charge in [0.1, 0.15) is 0 Å². The van der Waals surface area contributed by atoms with Gasteiger partial charge >= 0.3 is 11.8 Å². The van der Waals surface area contributed by atoms with Gasteiger partial charge in [0.25, 0.3) is 0 Å². The first-order valence-corrected chi connectivity index (χ1v) is 6.03. The summed E-state index contributed by atoms with van der Waals surface area (Å²) in [6, 6.07) is 7.11. The number of hydrogen-bond acceptors (Lipinski definition) is 4. The van der Waals surface area contributed by atoms with Crippen LogP contribution in [0.5, 0.6) is 0 Å². The molecule has 102 valence electrons. The number of aromatic nitrogens is 2. The molecular formula is C14H14N4O2. The molecule has 0 saturated carbocycles. The van der Waals surface area contributed by atoms with Crippen molar-refractivity contribution in [1.29, 1.82) is 0 Å². The minimum Gasteiger partial charge on any atom is -0.318 e. The standard InChI is InChI=1S/C14H14N4O2/c1-9-5-3-6-11(10(9)2)17-12(19)13(20)18-14-15-7-4-8-16-14/h3-8H,1-2H3,(H,17,19)(H,15,16,18,20). The Morgan fingerprint density at radius 2 is 1.60 bits per heavy atom. The molecule has 1 heterocycles. The van der Waals surface area contributed by atoms with Gasteiger partial charge in [0.15, 0.2) is 0 Å². The quantitative estimate of drug-likeness (QED) is 0.813. The third-order valence-electron chi connectivity index (χ3n) is 2.85. The van der Waals surface area contributed by atoms with E-state index in [1.807, 2.05) is 26.0 Å². The van der Waals surface area contributed by atoms with Crippen molar-refractivity contribution in [2.75, 3.05) is 10.6 Å². The molecule has 0 aliphatic rings. The minimum atomic E-state index is -0.808. The number of carbonyl (C=O) groups is 2. The van der Waals surface area contributed by atoms with Crippen LogP contribution in [-0.2, 0) is 9.59 Å². The molecular weight excluding hydrogens is 256 g/mol. The van der Waals surface area contributed by atoms with Crippen molar-refractivity contribution in [3.05, 3.63) is 47.8 Å². The van der Waals surface area contributed by atoms with Gasteiger partial charge in [-0.3, -0.25) is 14.9 Å². The maximum atomic E-state index is 11.8. The lowest BCUT2D eigenvalue weighted by atomic mass is 10.1. The Balaban J connectivity index is 2.05. The van der Waals surface area contributed by atoms with Gasteiger partial charge in [-0.25, -0.2) is 9.97 Å². The summed E-state index contributed by atoms with van der Waals surface area (Å²) in [4.78, 5) is 31.1. The summed E-state index contributed by atoms with van der Waals surface area (Å²) in [5, 5.41) is 4.89. The van der Waals surface area contributed by atoms with Crippen LogP contribution in [0.25, 0.3) is 0 Å². The number of nitrogens with zero attached hydrogens (tertiary/aromatic N) is 2. The fraction of sp³-hybridized carbons (Fsp3) is 0.143. The van der Waals surface area contributed by atoms with Crippen LogP contribution in [0.15, 0.2) is 36.7 Å². The van der Waals surface area contributed by atoms with Crippen LogP contribution in [0.1, 0.15) is 11.1 Å². The predicted molar refractivity (Wildman–Crippen MR) is 75.2 cm³/mol. The Kier molecular flexibility index (Phi) is 4.05. The highest BCUT2D eigenvalue weighted by Crippen LogP contribution is 2.17. The van der Waals surface area contributed by atoms with Crippen LogP contribution >= 0.6 is 0 Å². The second-order valence-electron chi connectivity index (χ2n) is 4.23. The van der Waals surface area contributed by atoms with E-state index >= 15 is 0 Å². The molecule has 0 bridgehead atoms.